The number of aromatic nitrogens is 1. The van der Waals surface area contributed by atoms with E-state index in [-0.39, 0.29) is 12.4 Å². The summed E-state index contributed by atoms with van der Waals surface area (Å²) in [6.07, 6.45) is 6.62. The number of amides is 1. The Kier molecular flexibility index (Phi) is 7.92. The number of esters is 2. The molecule has 2 heterocycles. The Morgan fingerprint density at radius 1 is 1.11 bits per heavy atom. The third-order valence-electron chi connectivity index (χ3n) is 5.75. The van der Waals surface area contributed by atoms with Crippen molar-refractivity contribution in [2.75, 3.05) is 19.8 Å². The van der Waals surface area contributed by atoms with Gasteiger partial charge in [-0.15, -0.1) is 0 Å². The van der Waals surface area contributed by atoms with Gasteiger partial charge in [0.25, 0.3) is 5.91 Å². The lowest BCUT2D eigenvalue weighted by atomic mass is 9.86. The van der Waals surface area contributed by atoms with Gasteiger partial charge in [-0.1, -0.05) is 18.2 Å². The molecule has 1 N–H and O–H groups in total. The zero-order chi connectivity index (χ0) is 24.6. The molecular formula is C27H28N2O6. The maximum absolute atomic E-state index is 13.2. The van der Waals surface area contributed by atoms with E-state index in [2.05, 4.69) is 5.32 Å². The molecule has 0 aliphatic heterocycles. The minimum absolute atomic E-state index is 0.219. The van der Waals surface area contributed by atoms with E-state index in [1.807, 2.05) is 42.5 Å². The van der Waals surface area contributed by atoms with Gasteiger partial charge in [0.2, 0.25) is 0 Å². The van der Waals surface area contributed by atoms with Crippen molar-refractivity contribution in [1.82, 2.24) is 10.3 Å². The fourth-order valence-corrected chi connectivity index (χ4v) is 4.20. The largest absolute Gasteiger partial charge is 0.466 e. The van der Waals surface area contributed by atoms with Crippen molar-refractivity contribution in [3.05, 3.63) is 65.2 Å². The van der Waals surface area contributed by atoms with Crippen LogP contribution in [0.25, 0.3) is 22.6 Å². The quantitative estimate of drug-likeness (QED) is 0.362. The minimum atomic E-state index is -0.555. The summed E-state index contributed by atoms with van der Waals surface area (Å²) in [4.78, 5) is 41.7. The van der Waals surface area contributed by atoms with Crippen molar-refractivity contribution >= 4 is 40.4 Å². The molecule has 0 radical (unpaired) electrons. The Morgan fingerprint density at radius 3 is 2.77 bits per heavy atom. The number of benzene rings is 1. The SMILES string of the molecule is CCOC(=O)CCCNC(=O)COC(=O)c1c2c(nc3ccccc13)/C(=C\c1ccco1)CCC2. The molecule has 4 rings (SSSR count). The molecule has 0 atom stereocenters. The van der Waals surface area contributed by atoms with E-state index in [1.165, 1.54) is 0 Å². The van der Waals surface area contributed by atoms with E-state index in [0.717, 1.165) is 35.4 Å². The molecule has 1 aromatic carbocycles. The van der Waals surface area contributed by atoms with Crippen molar-refractivity contribution in [3.63, 3.8) is 0 Å². The summed E-state index contributed by atoms with van der Waals surface area (Å²) in [6, 6.07) is 11.1. The Labute approximate surface area is 203 Å². The number of hydrogen-bond acceptors (Lipinski definition) is 7. The lowest BCUT2D eigenvalue weighted by Gasteiger charge is -2.22. The van der Waals surface area contributed by atoms with Gasteiger partial charge in [0.05, 0.1) is 29.6 Å². The number of hydrogen-bond donors (Lipinski definition) is 1. The summed E-state index contributed by atoms with van der Waals surface area (Å²) in [5.41, 5.74) is 3.73. The summed E-state index contributed by atoms with van der Waals surface area (Å²) in [5, 5.41) is 3.36. The summed E-state index contributed by atoms with van der Waals surface area (Å²) >= 11 is 0. The van der Waals surface area contributed by atoms with Crippen molar-refractivity contribution in [1.29, 1.82) is 0 Å². The second kappa shape index (κ2) is 11.5. The highest BCUT2D eigenvalue weighted by molar-refractivity contribution is 6.07. The van der Waals surface area contributed by atoms with E-state index in [4.69, 9.17) is 18.9 Å². The standard InChI is InChI=1S/C27H28N2O6/c1-2-33-24(31)13-6-14-28-23(30)17-35-27(32)25-20-10-3-4-12-22(20)29-26-18(8-5-11-21(25)26)16-19-9-7-15-34-19/h3-4,7,9-10,12,15-16H,2,5-6,8,11,13-14,17H2,1H3,(H,28,30)/b18-16-. The molecule has 0 saturated carbocycles. The average molecular weight is 477 g/mol. The van der Waals surface area contributed by atoms with Crippen LogP contribution in [-0.2, 0) is 25.5 Å². The molecule has 2 aromatic heterocycles. The number of nitrogens with one attached hydrogen (secondary N) is 1. The highest BCUT2D eigenvalue weighted by Crippen LogP contribution is 2.36. The monoisotopic (exact) mass is 476 g/mol. The number of carbonyl (C=O) groups is 3. The van der Waals surface area contributed by atoms with Gasteiger partial charge in [-0.25, -0.2) is 9.78 Å². The predicted octanol–water partition coefficient (Wildman–Crippen LogP) is 4.32. The van der Waals surface area contributed by atoms with Crippen LogP contribution in [0, 0.1) is 0 Å². The first-order chi connectivity index (χ1) is 17.1. The number of fused-ring (bicyclic) bond motifs is 2. The normalized spacial score (nSPS) is 13.9. The van der Waals surface area contributed by atoms with Gasteiger partial charge in [0.1, 0.15) is 5.76 Å². The summed E-state index contributed by atoms with van der Waals surface area (Å²) in [5.74, 6) is -0.553. The van der Waals surface area contributed by atoms with Crippen LogP contribution >= 0.6 is 0 Å². The fourth-order valence-electron chi connectivity index (χ4n) is 4.20. The number of nitrogens with zero attached hydrogens (tertiary/aromatic N) is 1. The van der Waals surface area contributed by atoms with E-state index in [0.29, 0.717) is 42.5 Å². The number of pyridine rings is 1. The first-order valence-corrected chi connectivity index (χ1v) is 11.8. The predicted molar refractivity (Wildman–Crippen MR) is 130 cm³/mol. The Hall–Kier alpha value is -3.94. The van der Waals surface area contributed by atoms with E-state index < -0.39 is 18.5 Å². The molecule has 35 heavy (non-hydrogen) atoms. The fraction of sp³-hybridized carbons (Fsp3) is 0.333. The van der Waals surface area contributed by atoms with E-state index >= 15 is 0 Å². The highest BCUT2D eigenvalue weighted by Gasteiger charge is 2.26. The maximum atomic E-state index is 13.2. The van der Waals surface area contributed by atoms with Gasteiger partial charge in [-0.2, -0.15) is 0 Å². The second-order valence-electron chi connectivity index (χ2n) is 8.20. The molecule has 1 aliphatic rings. The van der Waals surface area contributed by atoms with Crippen LogP contribution in [0.3, 0.4) is 0 Å². The molecule has 8 nitrogen and oxygen atoms in total. The first kappa shape index (κ1) is 24.2. The van der Waals surface area contributed by atoms with Crippen LogP contribution in [0.2, 0.25) is 0 Å². The number of rotatable bonds is 9. The van der Waals surface area contributed by atoms with Crippen LogP contribution < -0.4 is 5.32 Å². The van der Waals surface area contributed by atoms with E-state index in [9.17, 15) is 14.4 Å². The molecule has 0 fully saturated rings. The Morgan fingerprint density at radius 2 is 1.97 bits per heavy atom. The van der Waals surface area contributed by atoms with Crippen molar-refractivity contribution in [2.24, 2.45) is 0 Å². The molecular weight excluding hydrogens is 448 g/mol. The Balaban J connectivity index is 1.50. The minimum Gasteiger partial charge on any atom is -0.466 e. The van der Waals surface area contributed by atoms with E-state index in [1.54, 1.807) is 13.2 Å². The Bertz CT molecular complexity index is 1250. The molecule has 0 bridgehead atoms. The molecule has 0 spiro atoms. The van der Waals surface area contributed by atoms with Crippen LogP contribution in [0.15, 0.2) is 47.1 Å². The summed E-state index contributed by atoms with van der Waals surface area (Å²) in [6.45, 7) is 1.96. The second-order valence-corrected chi connectivity index (χ2v) is 8.20. The zero-order valence-corrected chi connectivity index (χ0v) is 19.7. The van der Waals surface area contributed by atoms with Gasteiger partial charge in [-0.3, -0.25) is 9.59 Å². The number of para-hydroxylation sites is 1. The number of furan rings is 1. The third-order valence-corrected chi connectivity index (χ3v) is 5.75. The van der Waals surface area contributed by atoms with Gasteiger partial charge < -0.3 is 19.2 Å². The molecule has 8 heteroatoms. The van der Waals surface area contributed by atoms with Crippen LogP contribution in [-0.4, -0.2) is 42.6 Å². The molecule has 1 aliphatic carbocycles. The third kappa shape index (κ3) is 5.95. The summed E-state index contributed by atoms with van der Waals surface area (Å²) in [7, 11) is 0. The molecule has 1 amide bonds. The lowest BCUT2D eigenvalue weighted by Crippen LogP contribution is -2.30. The number of ether oxygens (including phenoxy) is 2. The van der Waals surface area contributed by atoms with Gasteiger partial charge >= 0.3 is 11.9 Å². The molecule has 0 saturated heterocycles. The van der Waals surface area contributed by atoms with Crippen molar-refractivity contribution in [2.45, 2.75) is 39.0 Å². The summed E-state index contributed by atoms with van der Waals surface area (Å²) < 4.78 is 15.8. The van der Waals surface area contributed by atoms with Crippen molar-refractivity contribution < 1.29 is 28.3 Å². The van der Waals surface area contributed by atoms with Crippen LogP contribution in [0.4, 0.5) is 0 Å². The van der Waals surface area contributed by atoms with Gasteiger partial charge in [0, 0.05) is 18.4 Å². The maximum Gasteiger partial charge on any atom is 0.339 e. The zero-order valence-electron chi connectivity index (χ0n) is 19.7. The van der Waals surface area contributed by atoms with Gasteiger partial charge in [-0.05, 0) is 68.0 Å². The van der Waals surface area contributed by atoms with Crippen LogP contribution in [0.1, 0.15) is 60.0 Å². The molecule has 3 aromatic rings. The average Bonchev–Trinajstić information content (AvgIpc) is 3.37. The lowest BCUT2D eigenvalue weighted by molar-refractivity contribution is -0.143. The number of carbonyl (C=O) groups excluding carboxylic acids is 3. The molecule has 0 unspecified atom stereocenters. The first-order valence-electron chi connectivity index (χ1n) is 11.8. The van der Waals surface area contributed by atoms with Crippen LogP contribution in [0.5, 0.6) is 0 Å². The topological polar surface area (TPSA) is 108 Å². The molecule has 182 valence electrons. The van der Waals surface area contributed by atoms with Crippen molar-refractivity contribution in [3.8, 4) is 0 Å². The van der Waals surface area contributed by atoms with Gasteiger partial charge in [0.15, 0.2) is 6.61 Å². The highest BCUT2D eigenvalue weighted by atomic mass is 16.5. The smallest absolute Gasteiger partial charge is 0.339 e. The number of allylic oxidation sites excluding steroid dienone is 1.